The number of nitriles is 1. The predicted octanol–water partition coefficient (Wildman–Crippen LogP) is 5.85. The number of carbonyl (C=O) groups excluding carboxylic acids is 1. The Morgan fingerprint density at radius 1 is 1.23 bits per heavy atom. The van der Waals surface area contributed by atoms with Crippen LogP contribution in [-0.2, 0) is 12.7 Å². The minimum Gasteiger partial charge on any atom is -0.429 e. The zero-order valence-electron chi connectivity index (χ0n) is 19.8. The summed E-state index contributed by atoms with van der Waals surface area (Å²) in [7, 11) is 0.725. The number of hydrogen-bond donors (Lipinski definition) is 3. The van der Waals surface area contributed by atoms with E-state index >= 15 is 0 Å². The lowest BCUT2D eigenvalue weighted by Crippen LogP contribution is -2.51. The van der Waals surface area contributed by atoms with Crippen molar-refractivity contribution in [1.29, 1.82) is 10.7 Å². The Bertz CT molecular complexity index is 1380. The maximum absolute atomic E-state index is 14.7. The van der Waals surface area contributed by atoms with E-state index in [1.165, 1.54) is 12.1 Å². The second kappa shape index (κ2) is 10.6. The number of alkyl halides is 9. The third kappa shape index (κ3) is 5.67. The van der Waals surface area contributed by atoms with Crippen LogP contribution in [0.15, 0.2) is 24.4 Å². The predicted molar refractivity (Wildman–Crippen MR) is 122 cm³/mol. The molecule has 216 valence electrons. The fourth-order valence-electron chi connectivity index (χ4n) is 3.43. The number of anilines is 1. The Labute approximate surface area is 223 Å². The van der Waals surface area contributed by atoms with Crippen LogP contribution in [0.2, 0.25) is 5.02 Å². The van der Waals surface area contributed by atoms with Gasteiger partial charge < -0.3 is 20.8 Å². The Balaban J connectivity index is 2.06. The molecule has 0 saturated heterocycles. The molecule has 0 radical (unpaired) electrons. The summed E-state index contributed by atoms with van der Waals surface area (Å²) in [5.74, 6) is -3.69. The van der Waals surface area contributed by atoms with Crippen molar-refractivity contribution in [2.45, 2.75) is 43.0 Å². The van der Waals surface area contributed by atoms with Crippen LogP contribution >= 0.6 is 11.6 Å². The highest BCUT2D eigenvalue weighted by atomic mass is 35.5. The standard InChI is InChI=1S/C22H16ClF9N6O2/c1-38-16(14(40-18(24)25)15(37-38)20(26,21(27,28)29)22(30,31)32)35-8-11(7-33)10-2-3-13(23)12(6-10)17(39)36-19(9-34)4-5-19/h2-3,6-8,18,33,35H,4-5H2,1H3,(H,36,39)/b11-8+,33-7?. The quantitative estimate of drug-likeness (QED) is 0.246. The van der Waals surface area contributed by atoms with Crippen LogP contribution < -0.4 is 15.4 Å². The first-order valence-corrected chi connectivity index (χ1v) is 11.1. The van der Waals surface area contributed by atoms with Crippen molar-refractivity contribution in [1.82, 2.24) is 15.1 Å². The number of ether oxygens (including phenoxy) is 1. The maximum atomic E-state index is 14.7. The molecule has 0 spiro atoms. The summed E-state index contributed by atoms with van der Waals surface area (Å²) < 4.78 is 124. The normalized spacial score (nSPS) is 15.4. The number of amides is 1. The van der Waals surface area contributed by atoms with Crippen molar-refractivity contribution in [2.75, 3.05) is 5.32 Å². The van der Waals surface area contributed by atoms with Gasteiger partial charge in [0.25, 0.3) is 5.91 Å². The number of hydrogen-bond acceptors (Lipinski definition) is 6. The second-order valence-electron chi connectivity index (χ2n) is 8.41. The van der Waals surface area contributed by atoms with Gasteiger partial charge in [-0.3, -0.25) is 4.79 Å². The Hall–Kier alpha value is -3.94. The van der Waals surface area contributed by atoms with E-state index in [0.717, 1.165) is 19.3 Å². The van der Waals surface area contributed by atoms with Crippen LogP contribution in [0, 0.1) is 16.7 Å². The van der Waals surface area contributed by atoms with Crippen LogP contribution in [-0.4, -0.2) is 46.4 Å². The first-order valence-electron chi connectivity index (χ1n) is 10.8. The lowest BCUT2D eigenvalue weighted by atomic mass is 9.99. The molecule has 0 bridgehead atoms. The van der Waals surface area contributed by atoms with Gasteiger partial charge in [0.2, 0.25) is 0 Å². The van der Waals surface area contributed by atoms with Gasteiger partial charge in [0, 0.05) is 25.0 Å². The van der Waals surface area contributed by atoms with E-state index in [-0.39, 0.29) is 26.4 Å². The lowest BCUT2D eigenvalue weighted by Gasteiger charge is -2.28. The highest BCUT2D eigenvalue weighted by molar-refractivity contribution is 6.34. The first-order chi connectivity index (χ1) is 18.4. The average molecular weight is 603 g/mol. The summed E-state index contributed by atoms with van der Waals surface area (Å²) in [6, 6.07) is 5.61. The number of halogens is 10. The molecule has 1 amide bonds. The molecule has 1 fully saturated rings. The number of aromatic nitrogens is 2. The number of aryl methyl sites for hydroxylation is 1. The molecule has 0 unspecified atom stereocenters. The molecule has 3 rings (SSSR count). The smallest absolute Gasteiger partial charge is 0.429 e. The Morgan fingerprint density at radius 3 is 2.30 bits per heavy atom. The van der Waals surface area contributed by atoms with E-state index < -0.39 is 53.3 Å². The third-order valence-corrected chi connectivity index (χ3v) is 6.03. The van der Waals surface area contributed by atoms with Crippen molar-refractivity contribution < 1.29 is 49.0 Å². The molecule has 0 aliphatic heterocycles. The van der Waals surface area contributed by atoms with Gasteiger partial charge >= 0.3 is 24.6 Å². The molecule has 1 saturated carbocycles. The number of allylic oxidation sites excluding steroid dienone is 1. The van der Waals surface area contributed by atoms with E-state index in [2.05, 4.69) is 20.5 Å². The number of nitrogens with one attached hydrogen (secondary N) is 3. The fraction of sp³-hybridized carbons (Fsp3) is 0.364. The zero-order chi connectivity index (χ0) is 30.3. The highest BCUT2D eigenvalue weighted by Crippen LogP contribution is 2.56. The molecular weight excluding hydrogens is 587 g/mol. The number of carbonyl (C=O) groups is 1. The topological polar surface area (TPSA) is 116 Å². The van der Waals surface area contributed by atoms with Gasteiger partial charge in [0.1, 0.15) is 5.54 Å². The summed E-state index contributed by atoms with van der Waals surface area (Å²) in [6.45, 7) is -3.99. The minimum absolute atomic E-state index is 0.0444. The van der Waals surface area contributed by atoms with E-state index in [4.69, 9.17) is 22.3 Å². The van der Waals surface area contributed by atoms with Crippen molar-refractivity contribution in [3.05, 3.63) is 46.2 Å². The molecule has 2 aromatic rings. The highest BCUT2D eigenvalue weighted by Gasteiger charge is 2.76. The maximum Gasteiger partial charge on any atom is 0.437 e. The van der Waals surface area contributed by atoms with Crippen LogP contribution in [0.3, 0.4) is 0 Å². The van der Waals surface area contributed by atoms with Crippen molar-refractivity contribution in [2.24, 2.45) is 7.05 Å². The van der Waals surface area contributed by atoms with Crippen LogP contribution in [0.5, 0.6) is 5.75 Å². The van der Waals surface area contributed by atoms with Crippen LogP contribution in [0.25, 0.3) is 5.57 Å². The monoisotopic (exact) mass is 602 g/mol. The summed E-state index contributed by atoms with van der Waals surface area (Å²) in [5.41, 5.74) is -10.1. The van der Waals surface area contributed by atoms with Crippen molar-refractivity contribution in [3.63, 3.8) is 0 Å². The van der Waals surface area contributed by atoms with Gasteiger partial charge in [-0.2, -0.15) is 45.5 Å². The molecule has 0 atom stereocenters. The molecule has 1 aliphatic carbocycles. The van der Waals surface area contributed by atoms with Crippen molar-refractivity contribution in [3.8, 4) is 11.8 Å². The van der Waals surface area contributed by atoms with Gasteiger partial charge in [-0.15, -0.1) is 0 Å². The van der Waals surface area contributed by atoms with E-state index in [1.807, 2.05) is 6.07 Å². The van der Waals surface area contributed by atoms with E-state index in [0.29, 0.717) is 19.1 Å². The fourth-order valence-corrected chi connectivity index (χ4v) is 3.63. The largest absolute Gasteiger partial charge is 0.437 e. The van der Waals surface area contributed by atoms with E-state index in [9.17, 15) is 44.3 Å². The molecular formula is C22H16ClF9N6O2. The molecule has 40 heavy (non-hydrogen) atoms. The second-order valence-corrected chi connectivity index (χ2v) is 8.82. The number of nitrogens with zero attached hydrogens (tertiary/aromatic N) is 3. The summed E-state index contributed by atoms with van der Waals surface area (Å²) in [4.78, 5) is 12.6. The average Bonchev–Trinajstić information content (AvgIpc) is 3.55. The lowest BCUT2D eigenvalue weighted by molar-refractivity contribution is -0.350. The Kier molecular flexibility index (Phi) is 8.08. The SMILES string of the molecule is Cn1nc(C(F)(C(F)(F)F)C(F)(F)F)c(OC(F)F)c1N/C=C(\C=N)c1ccc(Cl)c(C(=O)NC2(C#N)CC2)c1. The summed E-state index contributed by atoms with van der Waals surface area (Å²) in [6.07, 6.45) is -11.1. The summed E-state index contributed by atoms with van der Waals surface area (Å²) >= 11 is 6.06. The number of benzene rings is 1. The molecule has 18 heteroatoms. The van der Waals surface area contributed by atoms with Crippen molar-refractivity contribution >= 4 is 35.1 Å². The van der Waals surface area contributed by atoms with Gasteiger partial charge in [0.05, 0.1) is 16.7 Å². The zero-order valence-corrected chi connectivity index (χ0v) is 20.6. The molecule has 8 nitrogen and oxygen atoms in total. The summed E-state index contributed by atoms with van der Waals surface area (Å²) in [5, 5.41) is 24.2. The van der Waals surface area contributed by atoms with Crippen LogP contribution in [0.4, 0.5) is 45.3 Å². The molecule has 1 aromatic heterocycles. The van der Waals surface area contributed by atoms with Gasteiger partial charge in [0.15, 0.2) is 17.3 Å². The van der Waals surface area contributed by atoms with Crippen LogP contribution in [0.1, 0.15) is 34.5 Å². The third-order valence-electron chi connectivity index (χ3n) is 5.70. The molecule has 1 aliphatic rings. The van der Waals surface area contributed by atoms with Gasteiger partial charge in [-0.25, -0.2) is 9.07 Å². The first kappa shape index (κ1) is 30.6. The molecule has 3 N–H and O–H groups in total. The van der Waals surface area contributed by atoms with Gasteiger partial charge in [-0.1, -0.05) is 17.7 Å². The Morgan fingerprint density at radius 2 is 1.82 bits per heavy atom. The number of rotatable bonds is 9. The van der Waals surface area contributed by atoms with Gasteiger partial charge in [-0.05, 0) is 30.5 Å². The van der Waals surface area contributed by atoms with E-state index in [1.54, 1.807) is 0 Å². The molecule has 1 aromatic carbocycles. The molecule has 1 heterocycles. The minimum atomic E-state index is -6.67.